The maximum atomic E-state index is 13.5. The number of anilines is 1. The molecule has 1 aliphatic heterocycles. The summed E-state index contributed by atoms with van der Waals surface area (Å²) in [5.74, 6) is 1.99. The highest BCUT2D eigenvalue weighted by molar-refractivity contribution is 6.01. The average molecular weight is 416 g/mol. The molecule has 0 fully saturated rings. The lowest BCUT2D eigenvalue weighted by Gasteiger charge is -2.34. The van der Waals surface area contributed by atoms with Crippen LogP contribution in [0.15, 0.2) is 64.3 Å². The molecule has 1 aliphatic carbocycles. The van der Waals surface area contributed by atoms with Crippen molar-refractivity contribution in [1.29, 1.82) is 0 Å². The van der Waals surface area contributed by atoms with E-state index in [4.69, 9.17) is 14.0 Å². The number of carbonyl (C=O) groups excluding carboxylic acids is 1. The van der Waals surface area contributed by atoms with E-state index in [1.807, 2.05) is 43.3 Å². The van der Waals surface area contributed by atoms with Gasteiger partial charge in [0.2, 0.25) is 5.88 Å². The highest BCUT2D eigenvalue weighted by atomic mass is 16.5. The second-order valence-electron chi connectivity index (χ2n) is 8.01. The molecule has 0 radical (unpaired) electrons. The molecule has 2 atom stereocenters. The molecule has 0 saturated heterocycles. The SMILES string of the molecule is COc1ccc([C@@H]2CC(=O)C3=C(C2)Nc2onc(C)c2[C@@H]3c2ccccc2)cc1OC. The van der Waals surface area contributed by atoms with Gasteiger partial charge in [-0.2, -0.15) is 0 Å². The van der Waals surface area contributed by atoms with Crippen LogP contribution in [-0.2, 0) is 4.79 Å². The van der Waals surface area contributed by atoms with E-state index in [2.05, 4.69) is 22.6 Å². The van der Waals surface area contributed by atoms with Crippen molar-refractivity contribution in [2.45, 2.75) is 31.6 Å². The lowest BCUT2D eigenvalue weighted by molar-refractivity contribution is -0.116. The van der Waals surface area contributed by atoms with E-state index >= 15 is 0 Å². The first-order valence-electron chi connectivity index (χ1n) is 10.4. The van der Waals surface area contributed by atoms with Crippen LogP contribution in [0.3, 0.4) is 0 Å². The van der Waals surface area contributed by atoms with E-state index in [1.54, 1.807) is 14.2 Å². The molecule has 6 heteroatoms. The molecule has 0 unspecified atom stereocenters. The Labute approximate surface area is 180 Å². The van der Waals surface area contributed by atoms with Gasteiger partial charge in [-0.1, -0.05) is 41.6 Å². The van der Waals surface area contributed by atoms with Gasteiger partial charge >= 0.3 is 0 Å². The third-order valence-electron chi connectivity index (χ3n) is 6.27. The first-order chi connectivity index (χ1) is 15.1. The fourth-order valence-corrected chi connectivity index (χ4v) is 4.79. The lowest BCUT2D eigenvalue weighted by atomic mass is 9.72. The molecular formula is C25H24N2O4. The molecule has 0 spiro atoms. The molecular weight excluding hydrogens is 392 g/mol. The first-order valence-corrected chi connectivity index (χ1v) is 10.4. The van der Waals surface area contributed by atoms with Crippen LogP contribution in [-0.4, -0.2) is 25.2 Å². The number of allylic oxidation sites excluding steroid dienone is 2. The number of nitrogens with zero attached hydrogens (tertiary/aromatic N) is 1. The maximum Gasteiger partial charge on any atom is 0.233 e. The van der Waals surface area contributed by atoms with Gasteiger partial charge in [-0.05, 0) is 42.5 Å². The molecule has 5 rings (SSSR count). The normalized spacial score (nSPS) is 20.0. The number of ether oxygens (including phenoxy) is 2. The molecule has 2 heterocycles. The lowest BCUT2D eigenvalue weighted by Crippen LogP contribution is -2.29. The summed E-state index contributed by atoms with van der Waals surface area (Å²) < 4.78 is 16.4. The number of hydrogen-bond donors (Lipinski definition) is 1. The molecule has 2 aromatic carbocycles. The summed E-state index contributed by atoms with van der Waals surface area (Å²) in [6.07, 6.45) is 1.15. The van der Waals surface area contributed by atoms with Gasteiger partial charge in [0.15, 0.2) is 17.3 Å². The number of benzene rings is 2. The predicted octanol–water partition coefficient (Wildman–Crippen LogP) is 4.96. The molecule has 158 valence electrons. The summed E-state index contributed by atoms with van der Waals surface area (Å²) in [6, 6.07) is 16.0. The Kier molecular flexibility index (Phi) is 4.77. The van der Waals surface area contributed by atoms with Crippen LogP contribution in [0.5, 0.6) is 11.5 Å². The van der Waals surface area contributed by atoms with Crippen molar-refractivity contribution in [2.75, 3.05) is 19.5 Å². The van der Waals surface area contributed by atoms with E-state index in [0.717, 1.165) is 33.7 Å². The summed E-state index contributed by atoms with van der Waals surface area (Å²) in [6.45, 7) is 1.92. The number of fused-ring (bicyclic) bond motifs is 1. The minimum absolute atomic E-state index is 0.0422. The second-order valence-corrected chi connectivity index (χ2v) is 8.01. The second kappa shape index (κ2) is 7.61. The zero-order valence-corrected chi connectivity index (χ0v) is 17.8. The smallest absolute Gasteiger partial charge is 0.233 e. The van der Waals surface area contributed by atoms with Crippen LogP contribution < -0.4 is 14.8 Å². The van der Waals surface area contributed by atoms with E-state index in [0.29, 0.717) is 30.2 Å². The Morgan fingerprint density at radius 2 is 1.77 bits per heavy atom. The molecule has 0 bridgehead atoms. The van der Waals surface area contributed by atoms with Crippen LogP contribution in [0.4, 0.5) is 5.88 Å². The Hall–Kier alpha value is -3.54. The fraction of sp³-hybridized carbons (Fsp3) is 0.280. The quantitative estimate of drug-likeness (QED) is 0.648. The monoisotopic (exact) mass is 416 g/mol. The summed E-state index contributed by atoms with van der Waals surface area (Å²) in [5, 5.41) is 7.54. The van der Waals surface area contributed by atoms with Crippen LogP contribution >= 0.6 is 0 Å². The van der Waals surface area contributed by atoms with Gasteiger partial charge in [0, 0.05) is 23.6 Å². The fourth-order valence-electron chi connectivity index (χ4n) is 4.79. The number of Topliss-reactive ketones (excluding diaryl/α,β-unsaturated/α-hetero) is 1. The Morgan fingerprint density at radius 1 is 1.00 bits per heavy atom. The summed E-state index contributed by atoms with van der Waals surface area (Å²) in [4.78, 5) is 13.5. The van der Waals surface area contributed by atoms with Crippen molar-refractivity contribution >= 4 is 11.7 Å². The van der Waals surface area contributed by atoms with Gasteiger partial charge in [0.05, 0.1) is 25.5 Å². The zero-order chi connectivity index (χ0) is 21.5. The van der Waals surface area contributed by atoms with Crippen molar-refractivity contribution in [1.82, 2.24) is 5.16 Å². The molecule has 1 aromatic heterocycles. The van der Waals surface area contributed by atoms with Gasteiger partial charge in [-0.3, -0.25) is 4.79 Å². The number of hydrogen-bond acceptors (Lipinski definition) is 6. The van der Waals surface area contributed by atoms with Gasteiger partial charge < -0.3 is 19.3 Å². The van der Waals surface area contributed by atoms with E-state index in [-0.39, 0.29) is 17.6 Å². The Bertz CT molecular complexity index is 1180. The Morgan fingerprint density at radius 3 is 2.52 bits per heavy atom. The van der Waals surface area contributed by atoms with E-state index in [1.165, 1.54) is 0 Å². The number of aryl methyl sites for hydroxylation is 1. The van der Waals surface area contributed by atoms with Crippen LogP contribution in [0.1, 0.15) is 47.1 Å². The number of carbonyl (C=O) groups is 1. The van der Waals surface area contributed by atoms with Gasteiger partial charge in [0.1, 0.15) is 0 Å². The molecule has 0 amide bonds. The number of ketones is 1. The van der Waals surface area contributed by atoms with Crippen LogP contribution in [0.2, 0.25) is 0 Å². The van der Waals surface area contributed by atoms with Crippen LogP contribution in [0.25, 0.3) is 0 Å². The minimum Gasteiger partial charge on any atom is -0.493 e. The summed E-state index contributed by atoms with van der Waals surface area (Å²) >= 11 is 0. The molecule has 2 aliphatic rings. The van der Waals surface area contributed by atoms with E-state index in [9.17, 15) is 4.79 Å². The highest BCUT2D eigenvalue weighted by Crippen LogP contribution is 2.49. The van der Waals surface area contributed by atoms with Gasteiger partial charge in [0.25, 0.3) is 0 Å². The maximum absolute atomic E-state index is 13.5. The van der Waals surface area contributed by atoms with Crippen molar-refractivity contribution < 1.29 is 18.8 Å². The third kappa shape index (κ3) is 3.19. The number of nitrogens with one attached hydrogen (secondary N) is 1. The molecule has 6 nitrogen and oxygen atoms in total. The average Bonchev–Trinajstić information content (AvgIpc) is 3.17. The summed E-state index contributed by atoms with van der Waals surface area (Å²) in [7, 11) is 3.24. The van der Waals surface area contributed by atoms with Gasteiger partial charge in [-0.25, -0.2) is 0 Å². The van der Waals surface area contributed by atoms with Crippen molar-refractivity contribution in [3.63, 3.8) is 0 Å². The predicted molar refractivity (Wildman–Crippen MR) is 117 cm³/mol. The van der Waals surface area contributed by atoms with Crippen molar-refractivity contribution in [2.24, 2.45) is 0 Å². The number of aromatic nitrogens is 1. The van der Waals surface area contributed by atoms with E-state index < -0.39 is 0 Å². The first kappa shape index (κ1) is 19.4. The van der Waals surface area contributed by atoms with Crippen LogP contribution in [0, 0.1) is 6.92 Å². The largest absolute Gasteiger partial charge is 0.493 e. The standard InChI is InChI=1S/C25H24N2O4/c1-14-22-23(15-7-5-4-6-8-15)24-18(26-25(22)31-27-14)11-17(12-19(24)28)16-9-10-20(29-2)21(13-16)30-3/h4-10,13,17,23,26H,11-12H2,1-3H3/t17-,23-/m0/s1. The number of rotatable bonds is 4. The van der Waals surface area contributed by atoms with Crippen molar-refractivity contribution in [3.8, 4) is 11.5 Å². The molecule has 0 saturated carbocycles. The molecule has 3 aromatic rings. The highest BCUT2D eigenvalue weighted by Gasteiger charge is 2.41. The third-order valence-corrected chi connectivity index (χ3v) is 6.27. The topological polar surface area (TPSA) is 73.6 Å². The minimum atomic E-state index is -0.169. The Balaban J connectivity index is 1.57. The van der Waals surface area contributed by atoms with Gasteiger partial charge in [-0.15, -0.1) is 0 Å². The zero-order valence-electron chi connectivity index (χ0n) is 17.8. The van der Waals surface area contributed by atoms with Crippen molar-refractivity contribution in [3.05, 3.63) is 82.2 Å². The number of methoxy groups -OCH3 is 2. The molecule has 1 N–H and O–H groups in total. The summed E-state index contributed by atoms with van der Waals surface area (Å²) in [5.41, 5.74) is 5.60. The molecule has 31 heavy (non-hydrogen) atoms.